The fourth-order valence-corrected chi connectivity index (χ4v) is 3.96. The molecule has 9 heteroatoms. The van der Waals surface area contributed by atoms with E-state index in [1.807, 2.05) is 43.3 Å². The van der Waals surface area contributed by atoms with Gasteiger partial charge in [0.2, 0.25) is 11.8 Å². The molecule has 0 radical (unpaired) electrons. The molecule has 0 aliphatic carbocycles. The van der Waals surface area contributed by atoms with Gasteiger partial charge < -0.3 is 14.9 Å². The van der Waals surface area contributed by atoms with Crippen molar-refractivity contribution in [3.8, 4) is 0 Å². The van der Waals surface area contributed by atoms with Gasteiger partial charge in [0.25, 0.3) is 0 Å². The van der Waals surface area contributed by atoms with Crippen molar-refractivity contribution in [3.63, 3.8) is 0 Å². The highest BCUT2D eigenvalue weighted by Gasteiger charge is 2.24. The Bertz CT molecular complexity index is 1250. The summed E-state index contributed by atoms with van der Waals surface area (Å²) in [6.07, 6.45) is -0.664. The molecule has 3 amide bonds. The second-order valence-electron chi connectivity index (χ2n) is 8.85. The highest BCUT2D eigenvalue weighted by atomic mass is 16.7. The predicted molar refractivity (Wildman–Crippen MR) is 141 cm³/mol. The van der Waals surface area contributed by atoms with E-state index in [1.54, 1.807) is 50.2 Å². The predicted octanol–water partition coefficient (Wildman–Crippen LogP) is 3.45. The third-order valence-electron chi connectivity index (χ3n) is 5.65. The molecule has 9 nitrogen and oxygen atoms in total. The quantitative estimate of drug-likeness (QED) is 0.352. The van der Waals surface area contributed by atoms with Crippen LogP contribution in [0.5, 0.6) is 0 Å². The lowest BCUT2D eigenvalue weighted by Crippen LogP contribution is -2.51. The fraction of sp³-hybridized carbons (Fsp3) is 0.241. The van der Waals surface area contributed by atoms with E-state index in [-0.39, 0.29) is 13.0 Å². The third-order valence-corrected chi connectivity index (χ3v) is 5.65. The Morgan fingerprint density at radius 1 is 0.816 bits per heavy atom. The topological polar surface area (TPSA) is 123 Å². The lowest BCUT2D eigenvalue weighted by molar-refractivity contribution is -0.131. The average molecular weight is 518 g/mol. The first kappa shape index (κ1) is 28.1. The molecule has 38 heavy (non-hydrogen) atoms. The maximum Gasteiger partial charge on any atom is 0.408 e. The number of rotatable bonds is 10. The number of benzene rings is 3. The molecule has 3 N–H and O–H groups in total. The summed E-state index contributed by atoms with van der Waals surface area (Å²) in [4.78, 5) is 55.1. The average Bonchev–Trinajstić information content (AvgIpc) is 2.87. The van der Waals surface area contributed by atoms with Gasteiger partial charge in [-0.05, 0) is 43.0 Å². The molecular formula is C29H31N3O6. The molecule has 198 valence electrons. The van der Waals surface area contributed by atoms with Crippen molar-refractivity contribution in [2.45, 2.75) is 39.8 Å². The summed E-state index contributed by atoms with van der Waals surface area (Å²) in [5, 5.41) is 4.74. The molecular weight excluding hydrogens is 486 g/mol. The first-order chi connectivity index (χ1) is 18.2. The van der Waals surface area contributed by atoms with Crippen molar-refractivity contribution in [1.82, 2.24) is 16.1 Å². The van der Waals surface area contributed by atoms with Gasteiger partial charge in [0.15, 0.2) is 0 Å². The number of nitrogens with one attached hydrogen (secondary N) is 3. The number of aryl methyl sites for hydroxylation is 3. The Morgan fingerprint density at radius 2 is 1.39 bits per heavy atom. The molecule has 3 aromatic rings. The van der Waals surface area contributed by atoms with Gasteiger partial charge in [0.1, 0.15) is 19.2 Å². The summed E-state index contributed by atoms with van der Waals surface area (Å²) < 4.78 is 5.23. The standard InChI is InChI=1S/C29H31N3O6/c1-19-14-20(2)26(21(3)15-19)28(35)38-30-17-25(33)32-27(34)24(16-22-10-6-4-7-11-22)31-29(36)37-18-23-12-8-5-9-13-23/h4-15,24,30H,16-18H2,1-3H3,(H,31,36)(H,32,33,34)/t24-/m0/s1. The normalized spacial score (nSPS) is 11.2. The number of carbonyl (C=O) groups excluding carboxylic acids is 4. The van der Waals surface area contributed by atoms with E-state index in [9.17, 15) is 19.2 Å². The molecule has 0 aliphatic rings. The van der Waals surface area contributed by atoms with Crippen LogP contribution < -0.4 is 16.1 Å². The summed E-state index contributed by atoms with van der Waals surface area (Å²) in [5.41, 5.74) is 6.79. The minimum atomic E-state index is -1.08. The molecule has 3 rings (SSSR count). The largest absolute Gasteiger partial charge is 0.445 e. The van der Waals surface area contributed by atoms with Gasteiger partial charge in [-0.3, -0.25) is 14.9 Å². The van der Waals surface area contributed by atoms with Gasteiger partial charge >= 0.3 is 12.1 Å². The van der Waals surface area contributed by atoms with E-state index in [0.29, 0.717) is 5.56 Å². The smallest absolute Gasteiger partial charge is 0.408 e. The van der Waals surface area contributed by atoms with Gasteiger partial charge in [-0.2, -0.15) is 0 Å². The highest BCUT2D eigenvalue weighted by molar-refractivity contribution is 5.99. The van der Waals surface area contributed by atoms with Gasteiger partial charge in [-0.1, -0.05) is 78.4 Å². The molecule has 0 fully saturated rings. The van der Waals surface area contributed by atoms with Crippen LogP contribution in [0.25, 0.3) is 0 Å². The van der Waals surface area contributed by atoms with Crippen LogP contribution in [0, 0.1) is 20.8 Å². The summed E-state index contributed by atoms with van der Waals surface area (Å²) in [5.74, 6) is -2.10. The second kappa shape index (κ2) is 13.7. The summed E-state index contributed by atoms with van der Waals surface area (Å²) in [6.45, 7) is 5.09. The lowest BCUT2D eigenvalue weighted by Gasteiger charge is -2.18. The molecule has 0 heterocycles. The Kier molecular flexibility index (Phi) is 10.1. The van der Waals surface area contributed by atoms with Gasteiger partial charge in [-0.25, -0.2) is 9.59 Å². The third kappa shape index (κ3) is 8.56. The summed E-state index contributed by atoms with van der Waals surface area (Å²) in [7, 11) is 0. The number of imide groups is 1. The zero-order valence-corrected chi connectivity index (χ0v) is 21.6. The van der Waals surface area contributed by atoms with Crippen molar-refractivity contribution in [3.05, 3.63) is 106 Å². The first-order valence-electron chi connectivity index (χ1n) is 12.1. The van der Waals surface area contributed by atoms with Crippen molar-refractivity contribution in [2.75, 3.05) is 6.54 Å². The van der Waals surface area contributed by atoms with E-state index >= 15 is 0 Å². The van der Waals surface area contributed by atoms with E-state index in [2.05, 4.69) is 16.1 Å². The minimum absolute atomic E-state index is 0.0283. The van der Waals surface area contributed by atoms with Crippen LogP contribution in [0.2, 0.25) is 0 Å². The molecule has 0 aromatic heterocycles. The number of hydrogen-bond acceptors (Lipinski definition) is 7. The molecule has 0 aliphatic heterocycles. The van der Waals surface area contributed by atoms with Gasteiger partial charge in [-0.15, -0.1) is 5.48 Å². The molecule has 0 saturated carbocycles. The first-order valence-corrected chi connectivity index (χ1v) is 12.1. The molecule has 0 spiro atoms. The van der Waals surface area contributed by atoms with Crippen molar-refractivity contribution < 1.29 is 28.8 Å². The number of carbonyl (C=O) groups is 4. The second-order valence-corrected chi connectivity index (χ2v) is 8.85. The zero-order valence-electron chi connectivity index (χ0n) is 21.6. The van der Waals surface area contributed by atoms with Crippen molar-refractivity contribution >= 4 is 23.9 Å². The van der Waals surface area contributed by atoms with Crippen LogP contribution >= 0.6 is 0 Å². The van der Waals surface area contributed by atoms with Gasteiger partial charge in [0, 0.05) is 6.42 Å². The monoisotopic (exact) mass is 517 g/mol. The molecule has 0 unspecified atom stereocenters. The van der Waals surface area contributed by atoms with E-state index in [4.69, 9.17) is 9.57 Å². The van der Waals surface area contributed by atoms with Crippen LogP contribution in [0.3, 0.4) is 0 Å². The van der Waals surface area contributed by atoms with Crippen LogP contribution in [0.1, 0.15) is 38.2 Å². The van der Waals surface area contributed by atoms with Gasteiger partial charge in [0.05, 0.1) is 5.56 Å². The van der Waals surface area contributed by atoms with Crippen LogP contribution in [-0.4, -0.2) is 36.5 Å². The molecule has 1 atom stereocenters. The van der Waals surface area contributed by atoms with Crippen molar-refractivity contribution in [2.24, 2.45) is 0 Å². The molecule has 3 aromatic carbocycles. The number of ether oxygens (including phenoxy) is 1. The van der Waals surface area contributed by atoms with E-state index in [1.165, 1.54) is 0 Å². The Hall–Kier alpha value is -4.50. The zero-order chi connectivity index (χ0) is 27.5. The Morgan fingerprint density at radius 3 is 2.00 bits per heavy atom. The van der Waals surface area contributed by atoms with Crippen LogP contribution in [-0.2, 0) is 32.2 Å². The molecule has 0 saturated heterocycles. The SMILES string of the molecule is Cc1cc(C)c(C(=O)ONCC(=O)NC(=O)[C@H](Cc2ccccc2)NC(=O)OCc2ccccc2)c(C)c1. The van der Waals surface area contributed by atoms with E-state index in [0.717, 1.165) is 27.8 Å². The number of alkyl carbamates (subject to hydrolysis) is 1. The Labute approximate surface area is 221 Å². The Balaban J connectivity index is 1.55. The highest BCUT2D eigenvalue weighted by Crippen LogP contribution is 2.17. The molecule has 0 bridgehead atoms. The number of hydrogen-bond donors (Lipinski definition) is 3. The number of hydroxylamine groups is 1. The van der Waals surface area contributed by atoms with E-state index < -0.39 is 36.5 Å². The maximum atomic E-state index is 12.9. The van der Waals surface area contributed by atoms with Crippen LogP contribution in [0.15, 0.2) is 72.8 Å². The minimum Gasteiger partial charge on any atom is -0.445 e. The van der Waals surface area contributed by atoms with Crippen molar-refractivity contribution in [1.29, 1.82) is 0 Å². The van der Waals surface area contributed by atoms with Crippen LogP contribution in [0.4, 0.5) is 4.79 Å². The summed E-state index contributed by atoms with van der Waals surface area (Å²) in [6, 6.07) is 20.8. The maximum absolute atomic E-state index is 12.9. The fourth-order valence-electron chi connectivity index (χ4n) is 3.96. The number of amides is 3. The summed E-state index contributed by atoms with van der Waals surface area (Å²) >= 11 is 0. The lowest BCUT2D eigenvalue weighted by atomic mass is 10.0.